The summed E-state index contributed by atoms with van der Waals surface area (Å²) < 4.78 is 102. The number of methoxy groups -OCH3 is 2. The van der Waals surface area contributed by atoms with Crippen LogP contribution in [0.25, 0.3) is 0 Å². The van der Waals surface area contributed by atoms with Crippen molar-refractivity contribution in [1.82, 2.24) is 4.90 Å². The van der Waals surface area contributed by atoms with Gasteiger partial charge in [-0.25, -0.2) is 0 Å². The highest BCUT2D eigenvalue weighted by molar-refractivity contribution is 5.49. The van der Waals surface area contributed by atoms with Crippen LogP contribution in [0.3, 0.4) is 0 Å². The van der Waals surface area contributed by atoms with Crippen molar-refractivity contribution in [3.8, 4) is 11.5 Å². The van der Waals surface area contributed by atoms with Gasteiger partial charge in [-0.2, -0.15) is 0 Å². The van der Waals surface area contributed by atoms with Crippen LogP contribution < -0.4 is 9.47 Å². The van der Waals surface area contributed by atoms with E-state index in [2.05, 4.69) is 0 Å². The second kappa shape index (κ2) is 6.70. The van der Waals surface area contributed by atoms with E-state index < -0.39 is 50.8 Å². The van der Waals surface area contributed by atoms with Crippen LogP contribution in [0.5, 0.6) is 11.5 Å². The zero-order valence-corrected chi connectivity index (χ0v) is 13.4. The Morgan fingerprint density at radius 1 is 1.43 bits per heavy atom. The van der Waals surface area contributed by atoms with E-state index in [1.165, 1.54) is 7.11 Å². The predicted molar refractivity (Wildman–Crippen MR) is 91.1 cm³/mol. The zero-order chi connectivity index (χ0) is 26.3. The van der Waals surface area contributed by atoms with Gasteiger partial charge in [-0.15, -0.1) is 0 Å². The lowest BCUT2D eigenvalue weighted by Crippen LogP contribution is -2.48. The number of piperidine rings is 1. The highest BCUT2D eigenvalue weighted by Gasteiger charge is 2.38. The van der Waals surface area contributed by atoms with E-state index in [1.807, 2.05) is 0 Å². The number of rotatable bonds is 4. The molecule has 2 aliphatic rings. The van der Waals surface area contributed by atoms with E-state index in [0.29, 0.717) is 0 Å². The quantitative estimate of drug-likeness (QED) is 0.921. The highest BCUT2D eigenvalue weighted by atomic mass is 16.5. The smallest absolute Gasteiger partial charge is 0.161 e. The first-order valence-corrected chi connectivity index (χ1v) is 7.54. The third-order valence-corrected chi connectivity index (χ3v) is 4.01. The van der Waals surface area contributed by atoms with E-state index in [9.17, 15) is 5.11 Å². The van der Waals surface area contributed by atoms with Crippen molar-refractivity contribution in [2.75, 3.05) is 27.2 Å². The largest absolute Gasteiger partial charge is 0.493 e. The predicted octanol–water partition coefficient (Wildman–Crippen LogP) is 3.03. The van der Waals surface area contributed by atoms with E-state index in [0.717, 1.165) is 17.0 Å². The lowest BCUT2D eigenvalue weighted by Gasteiger charge is -2.46. The molecular formula is C19H29NO3. The Hall–Kier alpha value is -1.26. The van der Waals surface area contributed by atoms with Gasteiger partial charge < -0.3 is 14.6 Å². The number of benzene rings is 1. The molecule has 0 spiro atoms. The van der Waals surface area contributed by atoms with Crippen LogP contribution in [0.1, 0.15) is 58.9 Å². The van der Waals surface area contributed by atoms with Gasteiger partial charge in [0.15, 0.2) is 11.5 Å². The Bertz CT molecular complexity index is 964. The minimum atomic E-state index is -3.01. The van der Waals surface area contributed by atoms with Crippen molar-refractivity contribution in [3.05, 3.63) is 23.3 Å². The number of nitrogens with zero attached hydrogens (tertiary/aromatic N) is 1. The molecule has 0 aliphatic carbocycles. The maximum Gasteiger partial charge on any atom is 0.161 e. The Morgan fingerprint density at radius 3 is 2.91 bits per heavy atom. The van der Waals surface area contributed by atoms with Gasteiger partial charge in [-0.1, -0.05) is 13.8 Å². The first-order chi connectivity index (χ1) is 15.1. The second-order valence-electron chi connectivity index (χ2n) is 6.15. The summed E-state index contributed by atoms with van der Waals surface area (Å²) in [6.45, 7) is -0.0473. The topological polar surface area (TPSA) is 41.9 Å². The van der Waals surface area contributed by atoms with Crippen molar-refractivity contribution in [1.29, 1.82) is 0 Å². The van der Waals surface area contributed by atoms with E-state index in [4.69, 9.17) is 24.6 Å². The summed E-state index contributed by atoms with van der Waals surface area (Å²) >= 11 is 0. The van der Waals surface area contributed by atoms with Gasteiger partial charge in [-0.3, -0.25) is 4.90 Å². The summed E-state index contributed by atoms with van der Waals surface area (Å²) in [5.74, 6) is -2.99. The molecule has 0 amide bonds. The molecule has 0 aromatic heterocycles. The van der Waals surface area contributed by atoms with Gasteiger partial charge in [0.1, 0.15) is 0 Å². The first-order valence-electron chi connectivity index (χ1n) is 13.0. The van der Waals surface area contributed by atoms with Gasteiger partial charge in [0.2, 0.25) is 0 Å². The molecule has 3 atom stereocenters. The van der Waals surface area contributed by atoms with Crippen LogP contribution in [0.4, 0.5) is 0 Å². The van der Waals surface area contributed by atoms with Crippen molar-refractivity contribution >= 4 is 0 Å². The molecule has 1 fully saturated rings. The van der Waals surface area contributed by atoms with Crippen LogP contribution in [0.2, 0.25) is 0 Å². The van der Waals surface area contributed by atoms with Gasteiger partial charge in [0.25, 0.3) is 0 Å². The maximum absolute atomic E-state index is 11.1. The normalized spacial score (nSPS) is 48.0. The Kier molecular flexibility index (Phi) is 2.26. The average Bonchev–Trinajstić information content (AvgIpc) is 2.63. The zero-order valence-electron chi connectivity index (χ0n) is 24.4. The second-order valence-corrected chi connectivity index (χ2v) is 6.15. The van der Waals surface area contributed by atoms with Crippen LogP contribution in [-0.2, 0) is 6.37 Å². The highest BCUT2D eigenvalue weighted by Crippen LogP contribution is 2.43. The minimum Gasteiger partial charge on any atom is -0.493 e. The molecule has 0 saturated carbocycles. The summed E-state index contributed by atoms with van der Waals surface area (Å²) in [5.41, 5.74) is -0.517. The lowest BCUT2D eigenvalue weighted by atomic mass is 9.79. The number of fused-ring (bicyclic) bond motifs is 3. The maximum atomic E-state index is 11.1. The molecule has 128 valence electrons. The molecule has 0 radical (unpaired) electrons. The average molecular weight is 331 g/mol. The van der Waals surface area contributed by atoms with Crippen molar-refractivity contribution < 1.29 is 29.7 Å². The monoisotopic (exact) mass is 330 g/mol. The number of hydrogen-bond donors (Lipinski definition) is 1. The molecule has 3 unspecified atom stereocenters. The molecule has 3 rings (SSSR count). The SMILES string of the molecule is [2H]C([2H])([2H])Oc1cc2c(cc1OC)C([2H])([2H])C([2H])([2H])N1CC([2H])(CC(C)C)C([2H])(O)C([2H])([2H])C21. The lowest BCUT2D eigenvalue weighted by molar-refractivity contribution is -0.0191. The van der Waals surface area contributed by atoms with Gasteiger partial charge in [-0.05, 0) is 54.2 Å². The fourth-order valence-corrected chi connectivity index (χ4v) is 2.97. The van der Waals surface area contributed by atoms with Gasteiger partial charge in [0.05, 0.1) is 25.7 Å². The van der Waals surface area contributed by atoms with Crippen molar-refractivity contribution in [2.24, 2.45) is 11.8 Å². The molecule has 4 nitrogen and oxygen atoms in total. The van der Waals surface area contributed by atoms with Crippen molar-refractivity contribution in [2.45, 2.75) is 45.1 Å². The Labute approximate surface area is 154 Å². The molecule has 23 heavy (non-hydrogen) atoms. The standard InChI is InChI=1S/C19H29NO3/c1-12(2)7-14-11-20-6-5-13-8-18(22-3)19(23-4)9-15(13)16(20)10-17(14)21/h8-9,12,14,16-17,21H,5-7,10-11H2,1-4H3/i4D3,5D2,6D2,10D2,14D,17D. The summed E-state index contributed by atoms with van der Waals surface area (Å²) in [6.07, 6.45) is -8.87. The molecule has 2 heterocycles. The summed E-state index contributed by atoms with van der Waals surface area (Å²) in [6, 6.07) is 0.388. The molecule has 1 aromatic carbocycles. The molecule has 1 saturated heterocycles. The molecule has 2 aliphatic heterocycles. The van der Waals surface area contributed by atoms with Crippen LogP contribution in [0.15, 0.2) is 12.1 Å². The first kappa shape index (κ1) is 7.75. The number of aryl methyl sites for hydroxylation is 1. The fourth-order valence-electron chi connectivity index (χ4n) is 2.97. The number of hydrogen-bond acceptors (Lipinski definition) is 4. The van der Waals surface area contributed by atoms with E-state index in [-0.39, 0.29) is 35.0 Å². The number of aliphatic hydroxyl groups is 1. The summed E-state index contributed by atoms with van der Waals surface area (Å²) in [5, 5.41) is 11.1. The van der Waals surface area contributed by atoms with Crippen LogP contribution in [0, 0.1) is 11.8 Å². The molecule has 1 aromatic rings. The summed E-state index contributed by atoms with van der Waals surface area (Å²) in [7, 11) is -1.73. The fraction of sp³-hybridized carbons (Fsp3) is 0.684. The molecule has 1 N–H and O–H groups in total. The molecular weight excluding hydrogens is 290 g/mol. The third kappa shape index (κ3) is 3.20. The Morgan fingerprint density at radius 2 is 2.22 bits per heavy atom. The summed E-state index contributed by atoms with van der Waals surface area (Å²) in [4.78, 5) is 0.833. The third-order valence-electron chi connectivity index (χ3n) is 4.01. The van der Waals surface area contributed by atoms with Gasteiger partial charge >= 0.3 is 0 Å². The molecule has 0 bridgehead atoms. The van der Waals surface area contributed by atoms with E-state index in [1.54, 1.807) is 13.8 Å². The molecule has 4 heteroatoms. The van der Waals surface area contributed by atoms with Crippen molar-refractivity contribution in [3.63, 3.8) is 0 Å². The Balaban J connectivity index is 2.35. The number of ether oxygens (including phenoxy) is 2. The van der Waals surface area contributed by atoms with Crippen LogP contribution >= 0.6 is 0 Å². The minimum absolute atomic E-state index is 0.141. The van der Waals surface area contributed by atoms with E-state index >= 15 is 0 Å². The van der Waals surface area contributed by atoms with Gasteiger partial charge in [0, 0.05) is 28.7 Å². The van der Waals surface area contributed by atoms with Crippen LogP contribution in [-0.4, -0.2) is 43.3 Å².